The van der Waals surface area contributed by atoms with Gasteiger partial charge in [-0.3, -0.25) is 14.3 Å². The Bertz CT molecular complexity index is 721. The quantitative estimate of drug-likeness (QED) is 0.789. The minimum atomic E-state index is -0.793. The molecule has 22 heavy (non-hydrogen) atoms. The first kappa shape index (κ1) is 15.3. The molecule has 2 aliphatic rings. The average Bonchev–Trinajstić information content (AvgIpc) is 2.91. The number of thiocyanates is 1. The normalized spacial score (nSPS) is 32.6. The van der Waals surface area contributed by atoms with Crippen molar-refractivity contribution in [3.63, 3.8) is 0 Å². The van der Waals surface area contributed by atoms with E-state index in [9.17, 15) is 9.59 Å². The van der Waals surface area contributed by atoms with Crippen LogP contribution in [0.1, 0.15) is 20.1 Å². The van der Waals surface area contributed by atoms with E-state index in [0.717, 1.165) is 11.8 Å². The van der Waals surface area contributed by atoms with E-state index >= 15 is 0 Å². The second-order valence-corrected chi connectivity index (χ2v) is 6.35. The Morgan fingerprint density at radius 1 is 1.41 bits per heavy atom. The number of rotatable bonds is 3. The van der Waals surface area contributed by atoms with Gasteiger partial charge in [-0.1, -0.05) is 0 Å². The lowest BCUT2D eigenvalue weighted by Crippen LogP contribution is -2.37. The lowest BCUT2D eigenvalue weighted by atomic mass is 10.1. The van der Waals surface area contributed by atoms with Gasteiger partial charge < -0.3 is 14.2 Å². The highest BCUT2D eigenvalue weighted by Crippen LogP contribution is 2.43. The molecule has 3 heterocycles. The van der Waals surface area contributed by atoms with Gasteiger partial charge in [-0.25, -0.2) is 4.79 Å². The van der Waals surface area contributed by atoms with Gasteiger partial charge in [0.25, 0.3) is 5.56 Å². The van der Waals surface area contributed by atoms with Crippen LogP contribution in [0, 0.1) is 10.7 Å². The number of aromatic nitrogens is 2. The van der Waals surface area contributed by atoms with E-state index in [2.05, 4.69) is 4.98 Å². The number of nitrogens with zero attached hydrogens (tertiary/aromatic N) is 2. The maximum absolute atomic E-state index is 12.0. The van der Waals surface area contributed by atoms with Gasteiger partial charge in [0, 0.05) is 18.0 Å². The number of aromatic amines is 1. The summed E-state index contributed by atoms with van der Waals surface area (Å²) >= 11 is 1.06. The molecule has 0 amide bonds. The second kappa shape index (κ2) is 5.55. The zero-order valence-corrected chi connectivity index (χ0v) is 12.8. The SMILES string of the molecule is CC1(C)O[C@@H]2[C@H](O1)[C@H](CSC#N)O[C@@H]2n1ccc(=O)[nH]c1=O. The Hall–Kier alpha value is -1.60. The number of hydrogen-bond acceptors (Lipinski definition) is 7. The van der Waals surface area contributed by atoms with Gasteiger partial charge in [0.2, 0.25) is 0 Å². The monoisotopic (exact) mass is 325 g/mol. The fourth-order valence-corrected chi connectivity index (χ4v) is 3.27. The minimum Gasteiger partial charge on any atom is -0.348 e. The number of ether oxygens (including phenoxy) is 3. The molecule has 0 radical (unpaired) electrons. The summed E-state index contributed by atoms with van der Waals surface area (Å²) in [5, 5.41) is 10.7. The summed E-state index contributed by atoms with van der Waals surface area (Å²) in [6.45, 7) is 3.57. The van der Waals surface area contributed by atoms with Crippen LogP contribution in [0.2, 0.25) is 0 Å². The smallest absolute Gasteiger partial charge is 0.330 e. The van der Waals surface area contributed by atoms with Crippen LogP contribution < -0.4 is 11.2 Å². The van der Waals surface area contributed by atoms with Crippen LogP contribution >= 0.6 is 11.8 Å². The average molecular weight is 325 g/mol. The van der Waals surface area contributed by atoms with Gasteiger partial charge in [-0.15, -0.1) is 0 Å². The minimum absolute atomic E-state index is 0.375. The number of thioether (sulfide) groups is 1. The Balaban J connectivity index is 1.93. The van der Waals surface area contributed by atoms with Gasteiger partial charge in [0.1, 0.15) is 17.6 Å². The van der Waals surface area contributed by atoms with Crippen molar-refractivity contribution in [1.82, 2.24) is 9.55 Å². The Morgan fingerprint density at radius 2 is 2.14 bits per heavy atom. The zero-order valence-electron chi connectivity index (χ0n) is 12.0. The third-order valence-electron chi connectivity index (χ3n) is 3.56. The summed E-state index contributed by atoms with van der Waals surface area (Å²) in [6, 6.07) is 1.25. The second-order valence-electron chi connectivity index (χ2n) is 5.55. The first-order valence-corrected chi connectivity index (χ1v) is 7.73. The Morgan fingerprint density at radius 3 is 2.82 bits per heavy atom. The molecule has 0 spiro atoms. The summed E-state index contributed by atoms with van der Waals surface area (Å²) in [5.41, 5.74) is -1.05. The predicted octanol–water partition coefficient (Wildman–Crippen LogP) is 0.168. The number of hydrogen-bond donors (Lipinski definition) is 1. The van der Waals surface area contributed by atoms with Crippen LogP contribution in [0.4, 0.5) is 0 Å². The van der Waals surface area contributed by atoms with Crippen molar-refractivity contribution < 1.29 is 14.2 Å². The molecule has 1 aromatic rings. The standard InChI is InChI=1S/C13H15N3O5S/c1-13(2)20-9-7(5-22-6-14)19-11(10(9)21-13)16-4-3-8(17)15-12(16)18/h3-4,7,9-11H,5H2,1-2H3,(H,15,17,18)/t7-,9+,10+,11-/m0/s1. The van der Waals surface area contributed by atoms with Gasteiger partial charge in [-0.05, 0) is 25.6 Å². The molecule has 0 aromatic carbocycles. The van der Waals surface area contributed by atoms with Crippen molar-refractivity contribution in [2.45, 2.75) is 44.2 Å². The molecule has 2 aliphatic heterocycles. The zero-order chi connectivity index (χ0) is 15.9. The molecule has 4 atom stereocenters. The first-order chi connectivity index (χ1) is 10.4. The molecule has 0 bridgehead atoms. The van der Waals surface area contributed by atoms with E-state index in [1.807, 2.05) is 5.40 Å². The molecule has 0 unspecified atom stereocenters. The predicted molar refractivity (Wildman–Crippen MR) is 77.1 cm³/mol. The number of fused-ring (bicyclic) bond motifs is 1. The number of nitrogens with one attached hydrogen (secondary N) is 1. The van der Waals surface area contributed by atoms with Crippen LogP contribution in [0.15, 0.2) is 21.9 Å². The van der Waals surface area contributed by atoms with Crippen LogP contribution in [0.3, 0.4) is 0 Å². The van der Waals surface area contributed by atoms with Crippen molar-refractivity contribution in [3.05, 3.63) is 33.1 Å². The third kappa shape index (κ3) is 2.70. The molecule has 1 N–H and O–H groups in total. The maximum atomic E-state index is 12.0. The topological polar surface area (TPSA) is 106 Å². The van der Waals surface area contributed by atoms with Crippen LogP contribution in [0.25, 0.3) is 0 Å². The summed E-state index contributed by atoms with van der Waals surface area (Å²) in [4.78, 5) is 25.4. The highest BCUT2D eigenvalue weighted by atomic mass is 32.2. The van der Waals surface area contributed by atoms with Crippen molar-refractivity contribution in [2.75, 3.05) is 5.75 Å². The van der Waals surface area contributed by atoms with Gasteiger partial charge in [-0.2, -0.15) is 5.26 Å². The van der Waals surface area contributed by atoms with E-state index < -0.39 is 29.4 Å². The summed E-state index contributed by atoms with van der Waals surface area (Å²) < 4.78 is 18.8. The Labute approximate surface area is 130 Å². The van der Waals surface area contributed by atoms with Crippen LogP contribution in [0.5, 0.6) is 0 Å². The first-order valence-electron chi connectivity index (χ1n) is 6.75. The molecule has 2 fully saturated rings. The van der Waals surface area contributed by atoms with Crippen molar-refractivity contribution >= 4 is 11.8 Å². The van der Waals surface area contributed by atoms with Crippen molar-refractivity contribution in [3.8, 4) is 5.40 Å². The van der Waals surface area contributed by atoms with Gasteiger partial charge >= 0.3 is 5.69 Å². The fraction of sp³-hybridized carbons (Fsp3) is 0.615. The highest BCUT2D eigenvalue weighted by Gasteiger charge is 2.55. The van der Waals surface area contributed by atoms with Crippen molar-refractivity contribution in [2.24, 2.45) is 0 Å². The van der Waals surface area contributed by atoms with E-state index in [4.69, 9.17) is 19.5 Å². The highest BCUT2D eigenvalue weighted by molar-refractivity contribution is 8.03. The van der Waals surface area contributed by atoms with E-state index in [-0.39, 0.29) is 12.2 Å². The lowest BCUT2D eigenvalue weighted by molar-refractivity contribution is -0.194. The van der Waals surface area contributed by atoms with Crippen LogP contribution in [-0.2, 0) is 14.2 Å². The fourth-order valence-electron chi connectivity index (χ4n) is 2.76. The van der Waals surface area contributed by atoms with E-state index in [1.165, 1.54) is 16.8 Å². The summed E-state index contributed by atoms with van der Waals surface area (Å²) in [6.07, 6.45) is -0.569. The molecule has 1 aromatic heterocycles. The maximum Gasteiger partial charge on any atom is 0.330 e. The third-order valence-corrected chi connectivity index (χ3v) is 4.19. The van der Waals surface area contributed by atoms with E-state index in [0.29, 0.717) is 5.75 Å². The summed E-state index contributed by atoms with van der Waals surface area (Å²) in [7, 11) is 0. The van der Waals surface area contributed by atoms with Crippen molar-refractivity contribution in [1.29, 1.82) is 5.26 Å². The number of H-pyrrole nitrogens is 1. The Kier molecular flexibility index (Phi) is 3.86. The molecule has 8 nitrogen and oxygen atoms in total. The van der Waals surface area contributed by atoms with Gasteiger partial charge in [0.15, 0.2) is 12.0 Å². The molecular weight excluding hydrogens is 310 g/mol. The molecule has 3 rings (SSSR count). The lowest BCUT2D eigenvalue weighted by Gasteiger charge is -2.24. The number of nitriles is 1. The summed E-state index contributed by atoms with van der Waals surface area (Å²) in [5.74, 6) is -0.384. The van der Waals surface area contributed by atoms with Gasteiger partial charge in [0.05, 0.1) is 6.10 Å². The largest absolute Gasteiger partial charge is 0.348 e. The van der Waals surface area contributed by atoms with E-state index in [1.54, 1.807) is 13.8 Å². The molecule has 118 valence electrons. The molecular formula is C13H15N3O5S. The van der Waals surface area contributed by atoms with Crippen LogP contribution in [-0.4, -0.2) is 39.4 Å². The molecule has 0 saturated carbocycles. The molecule has 0 aliphatic carbocycles. The molecule has 2 saturated heterocycles. The molecule has 9 heteroatoms.